The summed E-state index contributed by atoms with van der Waals surface area (Å²) in [4.78, 5) is 32.7. The molecule has 148 valence electrons. The fourth-order valence-electron chi connectivity index (χ4n) is 2.68. The van der Waals surface area contributed by atoms with Crippen LogP contribution in [0.4, 0.5) is 11.4 Å². The molecule has 8 nitrogen and oxygen atoms in total. The summed E-state index contributed by atoms with van der Waals surface area (Å²) in [7, 11) is 1.51. The van der Waals surface area contributed by atoms with Crippen LogP contribution in [0.5, 0.6) is 0 Å². The van der Waals surface area contributed by atoms with E-state index < -0.39 is 4.92 Å². The van der Waals surface area contributed by atoms with Crippen LogP contribution in [0, 0.1) is 10.1 Å². The SMILES string of the molecule is CN(OCc1cccc([N+](=O)[O-])c1)C(=O)c1ccccc1NCc1ccncc1. The van der Waals surface area contributed by atoms with Crippen molar-refractivity contribution in [1.82, 2.24) is 10.0 Å². The fraction of sp³-hybridized carbons (Fsp3) is 0.143. The van der Waals surface area contributed by atoms with Gasteiger partial charge in [0.2, 0.25) is 0 Å². The number of para-hydroxylation sites is 1. The van der Waals surface area contributed by atoms with E-state index in [0.29, 0.717) is 23.4 Å². The minimum Gasteiger partial charge on any atom is -0.380 e. The third kappa shape index (κ3) is 5.36. The highest BCUT2D eigenvalue weighted by molar-refractivity contribution is 5.98. The largest absolute Gasteiger partial charge is 0.380 e. The van der Waals surface area contributed by atoms with Crippen LogP contribution in [-0.4, -0.2) is 27.9 Å². The van der Waals surface area contributed by atoms with E-state index in [2.05, 4.69) is 10.3 Å². The van der Waals surface area contributed by atoms with Gasteiger partial charge < -0.3 is 5.32 Å². The molecule has 0 saturated heterocycles. The minimum absolute atomic E-state index is 0.0225. The number of carbonyl (C=O) groups excluding carboxylic acids is 1. The molecule has 0 radical (unpaired) electrons. The molecule has 0 aliphatic carbocycles. The summed E-state index contributed by atoms with van der Waals surface area (Å²) in [5.74, 6) is -0.326. The third-order valence-corrected chi connectivity index (χ3v) is 4.22. The predicted octanol–water partition coefficient (Wildman–Crippen LogP) is 3.81. The number of hydroxylamine groups is 2. The van der Waals surface area contributed by atoms with Crippen molar-refractivity contribution in [2.24, 2.45) is 0 Å². The molecule has 1 N–H and O–H groups in total. The first-order chi connectivity index (χ1) is 14.0. The zero-order chi connectivity index (χ0) is 20.6. The van der Waals surface area contributed by atoms with E-state index in [-0.39, 0.29) is 18.2 Å². The second-order valence-electron chi connectivity index (χ2n) is 6.26. The van der Waals surface area contributed by atoms with E-state index in [0.717, 1.165) is 10.6 Å². The molecule has 1 heterocycles. The monoisotopic (exact) mass is 392 g/mol. The van der Waals surface area contributed by atoms with Crippen LogP contribution in [-0.2, 0) is 18.0 Å². The van der Waals surface area contributed by atoms with Gasteiger partial charge in [-0.25, -0.2) is 5.06 Å². The van der Waals surface area contributed by atoms with Crippen LogP contribution in [0.25, 0.3) is 0 Å². The third-order valence-electron chi connectivity index (χ3n) is 4.22. The number of rotatable bonds is 8. The number of nitro groups is 1. The Morgan fingerprint density at radius 1 is 1.10 bits per heavy atom. The Morgan fingerprint density at radius 3 is 2.62 bits per heavy atom. The second-order valence-corrected chi connectivity index (χ2v) is 6.26. The Morgan fingerprint density at radius 2 is 1.86 bits per heavy atom. The molecular weight excluding hydrogens is 372 g/mol. The Balaban J connectivity index is 1.65. The highest BCUT2D eigenvalue weighted by Gasteiger charge is 2.17. The number of non-ortho nitro benzene ring substituents is 1. The number of benzene rings is 2. The summed E-state index contributed by atoms with van der Waals surface area (Å²) in [5.41, 5.74) is 2.76. The van der Waals surface area contributed by atoms with Crippen molar-refractivity contribution < 1.29 is 14.6 Å². The molecule has 2 aromatic carbocycles. The number of hydrogen-bond donors (Lipinski definition) is 1. The lowest BCUT2D eigenvalue weighted by Gasteiger charge is -2.19. The van der Waals surface area contributed by atoms with Crippen molar-refractivity contribution in [3.8, 4) is 0 Å². The first kappa shape index (κ1) is 20.0. The zero-order valence-corrected chi connectivity index (χ0v) is 15.8. The molecule has 0 aliphatic rings. The van der Waals surface area contributed by atoms with Gasteiger partial charge in [-0.15, -0.1) is 0 Å². The van der Waals surface area contributed by atoms with Crippen LogP contribution in [0.3, 0.4) is 0 Å². The maximum Gasteiger partial charge on any atom is 0.279 e. The van der Waals surface area contributed by atoms with Gasteiger partial charge in [0, 0.05) is 43.8 Å². The Bertz CT molecular complexity index is 995. The molecule has 0 atom stereocenters. The highest BCUT2D eigenvalue weighted by atomic mass is 16.7. The predicted molar refractivity (Wildman–Crippen MR) is 108 cm³/mol. The first-order valence-corrected chi connectivity index (χ1v) is 8.90. The number of pyridine rings is 1. The van der Waals surface area contributed by atoms with Crippen molar-refractivity contribution in [1.29, 1.82) is 0 Å². The summed E-state index contributed by atoms with van der Waals surface area (Å²) in [6.07, 6.45) is 3.42. The number of anilines is 1. The van der Waals surface area contributed by atoms with Crippen molar-refractivity contribution in [3.63, 3.8) is 0 Å². The van der Waals surface area contributed by atoms with Crippen molar-refractivity contribution in [2.75, 3.05) is 12.4 Å². The van der Waals surface area contributed by atoms with Gasteiger partial charge in [-0.1, -0.05) is 24.3 Å². The van der Waals surface area contributed by atoms with Gasteiger partial charge >= 0.3 is 0 Å². The molecule has 0 spiro atoms. The lowest BCUT2D eigenvalue weighted by Crippen LogP contribution is -2.27. The van der Waals surface area contributed by atoms with Crippen molar-refractivity contribution in [2.45, 2.75) is 13.2 Å². The standard InChI is InChI=1S/C21H20N4O4/c1-24(29-15-17-5-4-6-18(13-17)25(27)28)21(26)19-7-2-3-8-20(19)23-14-16-9-11-22-12-10-16/h2-13,23H,14-15H2,1H3. The topological polar surface area (TPSA) is 97.6 Å². The Labute approximate surface area is 167 Å². The molecule has 1 amide bonds. The smallest absolute Gasteiger partial charge is 0.279 e. The number of nitro benzene ring substituents is 1. The van der Waals surface area contributed by atoms with E-state index in [9.17, 15) is 14.9 Å². The van der Waals surface area contributed by atoms with Gasteiger partial charge in [-0.2, -0.15) is 0 Å². The van der Waals surface area contributed by atoms with E-state index in [1.165, 1.54) is 19.2 Å². The number of amides is 1. The van der Waals surface area contributed by atoms with Gasteiger partial charge in [0.05, 0.1) is 10.5 Å². The fourth-order valence-corrected chi connectivity index (χ4v) is 2.68. The van der Waals surface area contributed by atoms with Crippen molar-refractivity contribution in [3.05, 3.63) is 99.9 Å². The number of carbonyl (C=O) groups is 1. The zero-order valence-electron chi connectivity index (χ0n) is 15.8. The lowest BCUT2D eigenvalue weighted by molar-refractivity contribution is -0.385. The molecule has 3 aromatic rings. The summed E-state index contributed by atoms with van der Waals surface area (Å²) >= 11 is 0. The quantitative estimate of drug-likeness (QED) is 0.462. The highest BCUT2D eigenvalue weighted by Crippen LogP contribution is 2.19. The molecule has 29 heavy (non-hydrogen) atoms. The van der Waals surface area contributed by atoms with Gasteiger partial charge in [0.1, 0.15) is 6.61 Å². The molecule has 0 fully saturated rings. The molecule has 0 aliphatic heterocycles. The molecule has 3 rings (SSSR count). The number of aromatic nitrogens is 1. The minimum atomic E-state index is -0.469. The average molecular weight is 392 g/mol. The van der Waals surface area contributed by atoms with E-state index >= 15 is 0 Å². The van der Waals surface area contributed by atoms with Gasteiger partial charge in [-0.3, -0.25) is 24.7 Å². The normalized spacial score (nSPS) is 10.4. The summed E-state index contributed by atoms with van der Waals surface area (Å²) in [5, 5.41) is 15.3. The van der Waals surface area contributed by atoms with Crippen LogP contribution < -0.4 is 5.32 Å². The van der Waals surface area contributed by atoms with E-state index in [1.807, 2.05) is 24.3 Å². The van der Waals surface area contributed by atoms with Crippen LogP contribution in [0.15, 0.2) is 73.1 Å². The maximum absolute atomic E-state index is 12.8. The van der Waals surface area contributed by atoms with E-state index in [1.54, 1.807) is 36.7 Å². The van der Waals surface area contributed by atoms with Gasteiger partial charge in [0.15, 0.2) is 0 Å². The summed E-state index contributed by atoms with van der Waals surface area (Å²) in [6, 6.07) is 17.1. The van der Waals surface area contributed by atoms with Crippen LogP contribution in [0.2, 0.25) is 0 Å². The Kier molecular flexibility index (Phi) is 6.49. The molecule has 1 aromatic heterocycles. The number of hydrogen-bond acceptors (Lipinski definition) is 6. The molecule has 0 unspecified atom stereocenters. The summed E-state index contributed by atoms with van der Waals surface area (Å²) in [6.45, 7) is 0.585. The first-order valence-electron chi connectivity index (χ1n) is 8.90. The molecule has 8 heteroatoms. The lowest BCUT2D eigenvalue weighted by atomic mass is 10.1. The number of nitrogens with zero attached hydrogens (tertiary/aromatic N) is 3. The van der Waals surface area contributed by atoms with Crippen LogP contribution in [0.1, 0.15) is 21.5 Å². The Hall–Kier alpha value is -3.78. The summed E-state index contributed by atoms with van der Waals surface area (Å²) < 4.78 is 0. The van der Waals surface area contributed by atoms with E-state index in [4.69, 9.17) is 4.84 Å². The van der Waals surface area contributed by atoms with Gasteiger partial charge in [-0.05, 0) is 35.4 Å². The molecule has 0 bridgehead atoms. The van der Waals surface area contributed by atoms with Gasteiger partial charge in [0.25, 0.3) is 11.6 Å². The van der Waals surface area contributed by atoms with Crippen LogP contribution >= 0.6 is 0 Å². The average Bonchev–Trinajstić information content (AvgIpc) is 2.76. The number of nitrogens with one attached hydrogen (secondary N) is 1. The van der Waals surface area contributed by atoms with Crippen molar-refractivity contribution >= 4 is 17.3 Å². The second kappa shape index (κ2) is 9.43. The molecule has 0 saturated carbocycles. The maximum atomic E-state index is 12.8. The molecular formula is C21H20N4O4.